The Morgan fingerprint density at radius 3 is 2.67 bits per heavy atom. The molecule has 6 nitrogen and oxygen atoms in total. The average Bonchev–Trinajstić information content (AvgIpc) is 2.94. The summed E-state index contributed by atoms with van der Waals surface area (Å²) in [5, 5.41) is 5.93. The van der Waals surface area contributed by atoms with Crippen molar-refractivity contribution in [3.05, 3.63) is 16.6 Å². The fourth-order valence-electron chi connectivity index (χ4n) is 1.80. The lowest BCUT2D eigenvalue weighted by atomic mass is 10.3. The van der Waals surface area contributed by atoms with Gasteiger partial charge in [0.2, 0.25) is 0 Å². The molecule has 1 unspecified atom stereocenters. The molecular formula is C13H26N4O2S2. The minimum Gasteiger partial charge on any atom is -0.314 e. The van der Waals surface area contributed by atoms with Gasteiger partial charge in [-0.2, -0.15) is 17.4 Å². The van der Waals surface area contributed by atoms with Crippen LogP contribution in [0, 0.1) is 0 Å². The van der Waals surface area contributed by atoms with Crippen molar-refractivity contribution in [1.29, 1.82) is 0 Å². The van der Waals surface area contributed by atoms with E-state index in [0.29, 0.717) is 19.0 Å². The maximum atomic E-state index is 12.3. The van der Waals surface area contributed by atoms with E-state index in [1.165, 1.54) is 15.6 Å². The van der Waals surface area contributed by atoms with Gasteiger partial charge in [-0.05, 0) is 19.4 Å². The van der Waals surface area contributed by atoms with Gasteiger partial charge in [0.05, 0.1) is 6.04 Å². The number of thiazole rings is 1. The summed E-state index contributed by atoms with van der Waals surface area (Å²) in [5.74, 6) is 0. The molecule has 0 radical (unpaired) electrons. The summed E-state index contributed by atoms with van der Waals surface area (Å²) in [6.07, 6.45) is 3.15. The van der Waals surface area contributed by atoms with Crippen LogP contribution in [0.2, 0.25) is 0 Å². The van der Waals surface area contributed by atoms with Gasteiger partial charge in [0.25, 0.3) is 10.2 Å². The van der Waals surface area contributed by atoms with Crippen molar-refractivity contribution in [3.8, 4) is 0 Å². The summed E-state index contributed by atoms with van der Waals surface area (Å²) in [4.78, 5) is 4.19. The van der Waals surface area contributed by atoms with Crippen molar-refractivity contribution >= 4 is 21.5 Å². The number of hydrogen-bond donors (Lipinski definition) is 2. The lowest BCUT2D eigenvalue weighted by Crippen LogP contribution is -2.41. The molecule has 0 bridgehead atoms. The van der Waals surface area contributed by atoms with Crippen LogP contribution in [0.25, 0.3) is 0 Å². The number of nitrogens with one attached hydrogen (secondary N) is 2. The molecule has 2 N–H and O–H groups in total. The predicted molar refractivity (Wildman–Crippen MR) is 87.6 cm³/mol. The standard InChI is InChI=1S/C13H26N4O2S2/c1-5-12(13-15-8-10-20-13)16-21(18,19)17(4)9-6-7-14-11(2)3/h8,10-12,14,16H,5-7,9H2,1-4H3. The van der Waals surface area contributed by atoms with Crippen LogP contribution in [0.3, 0.4) is 0 Å². The molecule has 0 aliphatic rings. The van der Waals surface area contributed by atoms with E-state index >= 15 is 0 Å². The first-order valence-electron chi connectivity index (χ1n) is 7.23. The molecule has 1 aromatic heterocycles. The first-order chi connectivity index (χ1) is 9.86. The predicted octanol–water partition coefficient (Wildman–Crippen LogP) is 1.75. The highest BCUT2D eigenvalue weighted by molar-refractivity contribution is 7.87. The fraction of sp³-hybridized carbons (Fsp3) is 0.769. The van der Waals surface area contributed by atoms with Crippen LogP contribution in [-0.2, 0) is 10.2 Å². The monoisotopic (exact) mass is 334 g/mol. The quantitative estimate of drug-likeness (QED) is 0.639. The summed E-state index contributed by atoms with van der Waals surface area (Å²) >= 11 is 1.47. The first kappa shape index (κ1) is 18.5. The van der Waals surface area contributed by atoms with Gasteiger partial charge >= 0.3 is 0 Å². The summed E-state index contributed by atoms with van der Waals surface area (Å²) < 4.78 is 28.7. The Morgan fingerprint density at radius 2 is 2.14 bits per heavy atom. The zero-order chi connectivity index (χ0) is 15.9. The minimum atomic E-state index is -3.48. The maximum absolute atomic E-state index is 12.3. The van der Waals surface area contributed by atoms with E-state index in [-0.39, 0.29) is 6.04 Å². The maximum Gasteiger partial charge on any atom is 0.279 e. The van der Waals surface area contributed by atoms with Crippen molar-refractivity contribution in [2.75, 3.05) is 20.1 Å². The molecule has 0 saturated heterocycles. The van der Waals surface area contributed by atoms with Gasteiger partial charge in [-0.3, -0.25) is 0 Å². The molecule has 0 fully saturated rings. The summed E-state index contributed by atoms with van der Waals surface area (Å²) in [7, 11) is -1.87. The Hall–Kier alpha value is -0.540. The molecule has 0 aliphatic carbocycles. The molecule has 21 heavy (non-hydrogen) atoms. The Morgan fingerprint density at radius 1 is 1.43 bits per heavy atom. The molecular weight excluding hydrogens is 308 g/mol. The van der Waals surface area contributed by atoms with Crippen molar-refractivity contribution < 1.29 is 8.42 Å². The SMILES string of the molecule is CCC(NS(=O)(=O)N(C)CCCNC(C)C)c1nccs1. The smallest absolute Gasteiger partial charge is 0.279 e. The minimum absolute atomic E-state index is 0.258. The van der Waals surface area contributed by atoms with Crippen LogP contribution < -0.4 is 10.0 Å². The van der Waals surface area contributed by atoms with Gasteiger partial charge in [-0.1, -0.05) is 20.8 Å². The van der Waals surface area contributed by atoms with Crippen molar-refractivity contribution in [2.45, 2.75) is 45.7 Å². The first-order valence-corrected chi connectivity index (χ1v) is 9.55. The second kappa shape index (κ2) is 8.79. The average molecular weight is 335 g/mol. The van der Waals surface area contributed by atoms with Gasteiger partial charge in [-0.15, -0.1) is 11.3 Å². The Labute approximate surface area is 132 Å². The van der Waals surface area contributed by atoms with Crippen LogP contribution in [0.1, 0.15) is 44.7 Å². The van der Waals surface area contributed by atoms with E-state index in [2.05, 4.69) is 28.9 Å². The van der Waals surface area contributed by atoms with Crippen LogP contribution in [0.15, 0.2) is 11.6 Å². The highest BCUT2D eigenvalue weighted by Gasteiger charge is 2.23. The van der Waals surface area contributed by atoms with Gasteiger partial charge in [0.15, 0.2) is 0 Å². The topological polar surface area (TPSA) is 74.3 Å². The molecule has 0 spiro atoms. The molecule has 122 valence electrons. The zero-order valence-electron chi connectivity index (χ0n) is 13.2. The Balaban J connectivity index is 2.51. The van der Waals surface area contributed by atoms with Crippen LogP contribution in [0.4, 0.5) is 0 Å². The molecule has 8 heteroatoms. The Kier molecular flexibility index (Phi) is 7.75. The second-order valence-electron chi connectivity index (χ2n) is 5.24. The lowest BCUT2D eigenvalue weighted by Gasteiger charge is -2.21. The van der Waals surface area contributed by atoms with Crippen LogP contribution in [0.5, 0.6) is 0 Å². The molecule has 0 aliphatic heterocycles. The van der Waals surface area contributed by atoms with Gasteiger partial charge in [0.1, 0.15) is 5.01 Å². The number of hydrogen-bond acceptors (Lipinski definition) is 5. The highest BCUT2D eigenvalue weighted by Crippen LogP contribution is 2.20. The summed E-state index contributed by atoms with van der Waals surface area (Å²) in [5.41, 5.74) is 0. The number of rotatable bonds is 10. The van der Waals surface area contributed by atoms with E-state index in [1.54, 1.807) is 13.2 Å². The third-order valence-electron chi connectivity index (χ3n) is 3.06. The van der Waals surface area contributed by atoms with E-state index < -0.39 is 10.2 Å². The van der Waals surface area contributed by atoms with E-state index in [4.69, 9.17) is 0 Å². The van der Waals surface area contributed by atoms with Crippen molar-refractivity contribution in [3.63, 3.8) is 0 Å². The molecule has 0 aromatic carbocycles. The summed E-state index contributed by atoms with van der Waals surface area (Å²) in [6, 6.07) is 0.158. The third-order valence-corrected chi connectivity index (χ3v) is 5.54. The van der Waals surface area contributed by atoms with E-state index in [9.17, 15) is 8.42 Å². The normalized spacial score (nSPS) is 14.0. The van der Waals surface area contributed by atoms with E-state index in [0.717, 1.165) is 18.0 Å². The molecule has 1 heterocycles. The van der Waals surface area contributed by atoms with Gasteiger partial charge < -0.3 is 5.32 Å². The van der Waals surface area contributed by atoms with Gasteiger partial charge in [-0.25, -0.2) is 4.98 Å². The lowest BCUT2D eigenvalue weighted by molar-refractivity contribution is 0.429. The fourth-order valence-corrected chi connectivity index (χ4v) is 3.83. The number of nitrogens with zero attached hydrogens (tertiary/aromatic N) is 2. The molecule has 1 aromatic rings. The second-order valence-corrected chi connectivity index (χ2v) is 7.97. The zero-order valence-corrected chi connectivity index (χ0v) is 14.8. The number of aromatic nitrogens is 1. The van der Waals surface area contributed by atoms with Crippen LogP contribution in [-0.4, -0.2) is 43.9 Å². The molecule has 1 atom stereocenters. The molecule has 1 rings (SSSR count). The largest absolute Gasteiger partial charge is 0.314 e. The molecule has 0 amide bonds. The van der Waals surface area contributed by atoms with Crippen molar-refractivity contribution in [2.24, 2.45) is 0 Å². The van der Waals surface area contributed by atoms with Crippen molar-refractivity contribution in [1.82, 2.24) is 19.3 Å². The van der Waals surface area contributed by atoms with Crippen LogP contribution >= 0.6 is 11.3 Å². The summed E-state index contributed by atoms with van der Waals surface area (Å²) in [6.45, 7) is 7.38. The highest BCUT2D eigenvalue weighted by atomic mass is 32.2. The van der Waals surface area contributed by atoms with E-state index in [1.807, 2.05) is 12.3 Å². The Bertz CT molecular complexity index is 488. The van der Waals surface area contributed by atoms with Gasteiger partial charge in [0, 0.05) is 31.2 Å². The molecule has 0 saturated carbocycles. The third kappa shape index (κ3) is 6.39.